The van der Waals surface area contributed by atoms with Crippen LogP contribution in [0.3, 0.4) is 0 Å². The van der Waals surface area contributed by atoms with Crippen LogP contribution in [0.15, 0.2) is 12.4 Å². The van der Waals surface area contributed by atoms with Crippen molar-refractivity contribution in [3.8, 4) is 0 Å². The third kappa shape index (κ3) is 2.09. The largest absolute Gasteiger partial charge is 0.382 e. The van der Waals surface area contributed by atoms with Crippen molar-refractivity contribution in [1.82, 2.24) is 9.78 Å². The van der Waals surface area contributed by atoms with Gasteiger partial charge in [0, 0.05) is 19.7 Å². The molecule has 1 aliphatic carbocycles. The monoisotopic (exact) mass is 208 g/mol. The van der Waals surface area contributed by atoms with Crippen molar-refractivity contribution in [3.05, 3.63) is 18.0 Å². The number of hydrogen-bond donors (Lipinski definition) is 1. The number of aliphatic hydroxyl groups is 1. The van der Waals surface area contributed by atoms with Gasteiger partial charge in [0.05, 0.1) is 6.20 Å². The molecule has 1 saturated carbocycles. The number of hydrogen-bond acceptors (Lipinski definition) is 3. The van der Waals surface area contributed by atoms with Crippen molar-refractivity contribution < 1.29 is 9.90 Å². The summed E-state index contributed by atoms with van der Waals surface area (Å²) in [6.07, 6.45) is 6.93. The Kier molecular flexibility index (Phi) is 2.61. The molecule has 4 nitrogen and oxygen atoms in total. The number of Topliss-reactive ketones (excluding diaryl/α,β-unsaturated/α-hetero) is 1. The van der Waals surface area contributed by atoms with E-state index < -0.39 is 5.60 Å². The zero-order chi connectivity index (χ0) is 10.9. The van der Waals surface area contributed by atoms with E-state index in [1.807, 2.05) is 13.2 Å². The summed E-state index contributed by atoms with van der Waals surface area (Å²) in [5.74, 6) is -0.0620. The van der Waals surface area contributed by atoms with Gasteiger partial charge in [-0.1, -0.05) is 0 Å². The molecule has 0 spiro atoms. The quantitative estimate of drug-likeness (QED) is 0.800. The minimum Gasteiger partial charge on any atom is -0.382 e. The fourth-order valence-electron chi connectivity index (χ4n) is 2.15. The summed E-state index contributed by atoms with van der Waals surface area (Å²) in [4.78, 5) is 11.9. The van der Waals surface area contributed by atoms with Gasteiger partial charge in [0.25, 0.3) is 0 Å². The van der Waals surface area contributed by atoms with E-state index in [1.54, 1.807) is 10.9 Å². The fraction of sp³-hybridized carbons (Fsp3) is 0.636. The van der Waals surface area contributed by atoms with Gasteiger partial charge in [-0.05, 0) is 31.2 Å². The Morgan fingerprint density at radius 2 is 2.27 bits per heavy atom. The van der Waals surface area contributed by atoms with Crippen molar-refractivity contribution in [2.75, 3.05) is 0 Å². The Morgan fingerprint density at radius 1 is 1.60 bits per heavy atom. The van der Waals surface area contributed by atoms with E-state index in [9.17, 15) is 9.90 Å². The lowest BCUT2D eigenvalue weighted by molar-refractivity contribution is -0.136. The Bertz CT molecular complexity index is 364. The standard InChI is InChI=1S/C11H16N2O2/c1-13-8-9(7-12-13)6-10(14)11(15)4-2-3-5-11/h7-8,15H,2-6H2,1H3. The average Bonchev–Trinajstić information content (AvgIpc) is 2.76. The maximum absolute atomic E-state index is 11.9. The summed E-state index contributed by atoms with van der Waals surface area (Å²) in [6.45, 7) is 0. The first-order valence-electron chi connectivity index (χ1n) is 5.33. The molecule has 0 bridgehead atoms. The minimum absolute atomic E-state index is 0.0620. The Labute approximate surface area is 88.9 Å². The third-order valence-electron chi connectivity index (χ3n) is 3.07. The van der Waals surface area contributed by atoms with Crippen LogP contribution >= 0.6 is 0 Å². The number of ketones is 1. The van der Waals surface area contributed by atoms with E-state index in [0.29, 0.717) is 19.3 Å². The van der Waals surface area contributed by atoms with Crippen LogP contribution in [0.2, 0.25) is 0 Å². The summed E-state index contributed by atoms with van der Waals surface area (Å²) < 4.78 is 1.67. The highest BCUT2D eigenvalue weighted by Gasteiger charge is 2.38. The number of nitrogens with zero attached hydrogens (tertiary/aromatic N) is 2. The molecule has 0 radical (unpaired) electrons. The predicted octanol–water partition coefficient (Wildman–Crippen LogP) is 0.837. The third-order valence-corrected chi connectivity index (χ3v) is 3.07. The van der Waals surface area contributed by atoms with Crippen LogP contribution in [-0.4, -0.2) is 26.3 Å². The normalized spacial score (nSPS) is 19.3. The molecule has 1 aromatic rings. The molecule has 15 heavy (non-hydrogen) atoms. The first kappa shape index (κ1) is 10.4. The van der Waals surface area contributed by atoms with Crippen molar-refractivity contribution in [1.29, 1.82) is 0 Å². The lowest BCUT2D eigenvalue weighted by Gasteiger charge is -2.19. The first-order valence-corrected chi connectivity index (χ1v) is 5.33. The summed E-state index contributed by atoms with van der Waals surface area (Å²) >= 11 is 0. The van der Waals surface area contributed by atoms with Crippen molar-refractivity contribution in [2.24, 2.45) is 7.05 Å². The molecule has 1 aromatic heterocycles. The van der Waals surface area contributed by atoms with Gasteiger partial charge in [0.15, 0.2) is 5.78 Å². The van der Waals surface area contributed by atoms with Crippen LogP contribution in [0.1, 0.15) is 31.2 Å². The van der Waals surface area contributed by atoms with Crippen LogP contribution in [0.4, 0.5) is 0 Å². The van der Waals surface area contributed by atoms with Gasteiger partial charge in [-0.3, -0.25) is 9.48 Å². The van der Waals surface area contributed by atoms with Gasteiger partial charge in [-0.25, -0.2) is 0 Å². The molecule has 4 heteroatoms. The molecule has 0 atom stereocenters. The van der Waals surface area contributed by atoms with E-state index in [0.717, 1.165) is 18.4 Å². The molecule has 0 unspecified atom stereocenters. The van der Waals surface area contributed by atoms with Crippen LogP contribution in [0, 0.1) is 0 Å². The number of rotatable bonds is 3. The highest BCUT2D eigenvalue weighted by Crippen LogP contribution is 2.31. The maximum Gasteiger partial charge on any atom is 0.168 e. The van der Waals surface area contributed by atoms with Crippen LogP contribution in [-0.2, 0) is 18.3 Å². The second-order valence-electron chi connectivity index (χ2n) is 4.36. The van der Waals surface area contributed by atoms with Crippen LogP contribution in [0.25, 0.3) is 0 Å². The first-order chi connectivity index (χ1) is 7.10. The molecule has 2 rings (SSSR count). The second kappa shape index (κ2) is 3.77. The summed E-state index contributed by atoms with van der Waals surface area (Å²) in [7, 11) is 1.82. The highest BCUT2D eigenvalue weighted by molar-refractivity contribution is 5.89. The lowest BCUT2D eigenvalue weighted by atomic mass is 9.93. The van der Waals surface area contributed by atoms with Crippen molar-refractivity contribution in [3.63, 3.8) is 0 Å². The van der Waals surface area contributed by atoms with Crippen molar-refractivity contribution in [2.45, 2.75) is 37.7 Å². The van der Waals surface area contributed by atoms with E-state index in [4.69, 9.17) is 0 Å². The number of aromatic nitrogens is 2. The Morgan fingerprint density at radius 3 is 2.80 bits per heavy atom. The molecule has 0 aromatic carbocycles. The van der Waals surface area contributed by atoms with E-state index in [-0.39, 0.29) is 5.78 Å². The lowest BCUT2D eigenvalue weighted by Crippen LogP contribution is -2.36. The number of carbonyl (C=O) groups excluding carboxylic acids is 1. The average molecular weight is 208 g/mol. The summed E-state index contributed by atoms with van der Waals surface area (Å²) in [6, 6.07) is 0. The Balaban J connectivity index is 2.03. The molecule has 1 aliphatic rings. The fourth-order valence-corrected chi connectivity index (χ4v) is 2.15. The molecule has 82 valence electrons. The molecule has 0 aliphatic heterocycles. The molecule has 1 fully saturated rings. The summed E-state index contributed by atoms with van der Waals surface area (Å²) in [5.41, 5.74) is -0.182. The van der Waals surface area contributed by atoms with Gasteiger partial charge >= 0.3 is 0 Å². The minimum atomic E-state index is -1.06. The van der Waals surface area contributed by atoms with E-state index in [2.05, 4.69) is 5.10 Å². The summed E-state index contributed by atoms with van der Waals surface area (Å²) in [5, 5.41) is 14.1. The molecule has 1 heterocycles. The maximum atomic E-state index is 11.9. The van der Waals surface area contributed by atoms with Gasteiger partial charge in [0.2, 0.25) is 0 Å². The SMILES string of the molecule is Cn1cc(CC(=O)C2(O)CCCC2)cn1. The van der Waals surface area contributed by atoms with Crippen molar-refractivity contribution >= 4 is 5.78 Å². The van der Waals surface area contributed by atoms with Gasteiger partial charge in [-0.15, -0.1) is 0 Å². The van der Waals surface area contributed by atoms with Gasteiger partial charge in [0.1, 0.15) is 5.60 Å². The Hall–Kier alpha value is -1.16. The smallest absolute Gasteiger partial charge is 0.168 e. The van der Waals surface area contributed by atoms with Gasteiger partial charge < -0.3 is 5.11 Å². The zero-order valence-electron chi connectivity index (χ0n) is 8.94. The molecule has 1 N–H and O–H groups in total. The van der Waals surface area contributed by atoms with Crippen LogP contribution in [0.5, 0.6) is 0 Å². The molecule has 0 saturated heterocycles. The van der Waals surface area contributed by atoms with Gasteiger partial charge in [-0.2, -0.15) is 5.10 Å². The zero-order valence-corrected chi connectivity index (χ0v) is 8.94. The van der Waals surface area contributed by atoms with E-state index in [1.165, 1.54) is 0 Å². The second-order valence-corrected chi connectivity index (χ2v) is 4.36. The predicted molar refractivity (Wildman–Crippen MR) is 55.3 cm³/mol. The number of carbonyl (C=O) groups is 1. The number of aryl methyl sites for hydroxylation is 1. The molecular weight excluding hydrogens is 192 g/mol. The molecular formula is C11H16N2O2. The van der Waals surface area contributed by atoms with Crippen LogP contribution < -0.4 is 0 Å². The van der Waals surface area contributed by atoms with E-state index >= 15 is 0 Å². The highest BCUT2D eigenvalue weighted by atomic mass is 16.3. The molecule has 0 amide bonds. The topological polar surface area (TPSA) is 55.1 Å².